The van der Waals surface area contributed by atoms with Gasteiger partial charge in [0, 0.05) is 12.0 Å². The molecule has 1 heterocycles. The maximum atomic E-state index is 6.01. The smallest absolute Gasteiger partial charge is 0.133 e. The predicted octanol–water partition coefficient (Wildman–Crippen LogP) is 4.05. The van der Waals surface area contributed by atoms with Crippen LogP contribution in [0.15, 0.2) is 60.2 Å². The van der Waals surface area contributed by atoms with Crippen molar-refractivity contribution in [2.24, 2.45) is 0 Å². The van der Waals surface area contributed by atoms with Crippen molar-refractivity contribution in [2.75, 3.05) is 0 Å². The molecule has 0 aliphatic carbocycles. The molecule has 1 nitrogen and oxygen atoms in total. The van der Waals surface area contributed by atoms with Crippen molar-refractivity contribution < 1.29 is 4.74 Å². The first-order valence-corrected chi connectivity index (χ1v) is 5.85. The van der Waals surface area contributed by atoms with Crippen molar-refractivity contribution in [3.63, 3.8) is 0 Å². The van der Waals surface area contributed by atoms with Gasteiger partial charge in [-0.3, -0.25) is 0 Å². The van der Waals surface area contributed by atoms with Gasteiger partial charge in [-0.05, 0) is 24.1 Å². The Morgan fingerprint density at radius 2 is 1.59 bits per heavy atom. The first kappa shape index (κ1) is 10.2. The number of hydrogen-bond acceptors (Lipinski definition) is 1. The van der Waals surface area contributed by atoms with Crippen molar-refractivity contribution in [3.05, 3.63) is 71.3 Å². The van der Waals surface area contributed by atoms with Crippen LogP contribution in [0, 0.1) is 0 Å². The monoisotopic (exact) mass is 222 g/mol. The minimum atomic E-state index is 0.973. The van der Waals surface area contributed by atoms with Crippen molar-refractivity contribution >= 4 is 5.76 Å². The predicted molar refractivity (Wildman–Crippen MR) is 69.8 cm³/mol. The number of rotatable bonds is 1. The van der Waals surface area contributed by atoms with Gasteiger partial charge in [-0.1, -0.05) is 48.5 Å². The fraction of sp³-hybridized carbons (Fsp3) is 0.125. The van der Waals surface area contributed by atoms with Crippen LogP contribution in [0.5, 0.6) is 5.75 Å². The molecule has 0 N–H and O–H groups in total. The lowest BCUT2D eigenvalue weighted by Crippen LogP contribution is -2.07. The fourth-order valence-corrected chi connectivity index (χ4v) is 2.21. The van der Waals surface area contributed by atoms with Crippen molar-refractivity contribution in [1.82, 2.24) is 0 Å². The minimum Gasteiger partial charge on any atom is -0.456 e. The molecule has 84 valence electrons. The molecule has 1 heteroatoms. The summed E-state index contributed by atoms with van der Waals surface area (Å²) < 4.78 is 6.01. The lowest BCUT2D eigenvalue weighted by Gasteiger charge is -2.21. The van der Waals surface area contributed by atoms with E-state index in [4.69, 9.17) is 4.74 Å². The Hall–Kier alpha value is -2.02. The zero-order chi connectivity index (χ0) is 11.7. The first-order valence-electron chi connectivity index (χ1n) is 5.85. The molecule has 1 aliphatic heterocycles. The summed E-state index contributed by atoms with van der Waals surface area (Å²) in [5, 5.41) is 0. The van der Waals surface area contributed by atoms with E-state index in [1.165, 1.54) is 11.1 Å². The standard InChI is InChI=1S/C16H14O/c1-12-11-14-9-5-6-10-15(14)17-16(12)13-7-3-2-4-8-13/h2-10H,11H2,1H3. The third kappa shape index (κ3) is 1.84. The van der Waals surface area contributed by atoms with E-state index in [2.05, 4.69) is 31.2 Å². The van der Waals surface area contributed by atoms with Crippen LogP contribution in [0.2, 0.25) is 0 Å². The summed E-state index contributed by atoms with van der Waals surface area (Å²) in [6.45, 7) is 2.14. The Labute approximate surface area is 101 Å². The highest BCUT2D eigenvalue weighted by Gasteiger charge is 2.17. The van der Waals surface area contributed by atoms with E-state index < -0.39 is 0 Å². The fourth-order valence-electron chi connectivity index (χ4n) is 2.21. The van der Waals surface area contributed by atoms with Crippen LogP contribution in [0.1, 0.15) is 18.1 Å². The summed E-state index contributed by atoms with van der Waals surface area (Å²) in [6.07, 6.45) is 0.973. The molecule has 0 radical (unpaired) electrons. The number of para-hydroxylation sites is 1. The average molecular weight is 222 g/mol. The van der Waals surface area contributed by atoms with E-state index in [1.807, 2.05) is 30.3 Å². The molecular weight excluding hydrogens is 208 g/mol. The topological polar surface area (TPSA) is 9.23 Å². The van der Waals surface area contributed by atoms with E-state index in [9.17, 15) is 0 Å². The highest BCUT2D eigenvalue weighted by molar-refractivity contribution is 5.68. The molecule has 0 saturated heterocycles. The van der Waals surface area contributed by atoms with Crippen LogP contribution in [0.4, 0.5) is 0 Å². The summed E-state index contributed by atoms with van der Waals surface area (Å²) in [6, 6.07) is 18.5. The summed E-state index contributed by atoms with van der Waals surface area (Å²) in [5.41, 5.74) is 3.71. The molecule has 17 heavy (non-hydrogen) atoms. The molecule has 1 aliphatic rings. The number of hydrogen-bond donors (Lipinski definition) is 0. The van der Waals surface area contributed by atoms with E-state index in [-0.39, 0.29) is 0 Å². The number of benzene rings is 2. The van der Waals surface area contributed by atoms with Gasteiger partial charge in [0.25, 0.3) is 0 Å². The molecule has 3 rings (SSSR count). The van der Waals surface area contributed by atoms with Crippen molar-refractivity contribution in [2.45, 2.75) is 13.3 Å². The minimum absolute atomic E-state index is 0.973. The Morgan fingerprint density at radius 1 is 0.882 bits per heavy atom. The van der Waals surface area contributed by atoms with Crippen LogP contribution in [-0.4, -0.2) is 0 Å². The number of fused-ring (bicyclic) bond motifs is 1. The molecule has 0 aromatic heterocycles. The SMILES string of the molecule is CC1=C(c2ccccc2)Oc2ccccc2C1. The molecular formula is C16H14O. The van der Waals surface area contributed by atoms with Gasteiger partial charge < -0.3 is 4.74 Å². The van der Waals surface area contributed by atoms with E-state index in [1.54, 1.807) is 0 Å². The molecule has 0 amide bonds. The van der Waals surface area contributed by atoms with Crippen molar-refractivity contribution in [1.29, 1.82) is 0 Å². The normalized spacial score (nSPS) is 14.2. The van der Waals surface area contributed by atoms with Crippen LogP contribution in [0.3, 0.4) is 0 Å². The molecule has 0 fully saturated rings. The summed E-state index contributed by atoms with van der Waals surface area (Å²) in [7, 11) is 0. The largest absolute Gasteiger partial charge is 0.456 e. The van der Waals surface area contributed by atoms with Gasteiger partial charge in [0.2, 0.25) is 0 Å². The highest BCUT2D eigenvalue weighted by atomic mass is 16.5. The second kappa shape index (κ2) is 4.10. The number of ether oxygens (including phenoxy) is 1. The van der Waals surface area contributed by atoms with Gasteiger partial charge in [-0.2, -0.15) is 0 Å². The van der Waals surface area contributed by atoms with Gasteiger partial charge in [-0.25, -0.2) is 0 Å². The van der Waals surface area contributed by atoms with Gasteiger partial charge >= 0.3 is 0 Å². The molecule has 0 saturated carbocycles. The molecule has 0 spiro atoms. The third-order valence-corrected chi connectivity index (χ3v) is 3.06. The zero-order valence-electron chi connectivity index (χ0n) is 9.81. The van der Waals surface area contributed by atoms with E-state index >= 15 is 0 Å². The Morgan fingerprint density at radius 3 is 2.41 bits per heavy atom. The second-order valence-electron chi connectivity index (χ2n) is 4.36. The molecule has 0 bridgehead atoms. The van der Waals surface area contributed by atoms with E-state index in [0.29, 0.717) is 0 Å². The van der Waals surface area contributed by atoms with E-state index in [0.717, 1.165) is 23.5 Å². The van der Waals surface area contributed by atoms with Crippen LogP contribution >= 0.6 is 0 Å². The quantitative estimate of drug-likeness (QED) is 0.707. The first-order chi connectivity index (χ1) is 8.34. The zero-order valence-corrected chi connectivity index (χ0v) is 9.81. The van der Waals surface area contributed by atoms with Gasteiger partial charge in [0.15, 0.2) is 0 Å². The molecule has 2 aromatic rings. The summed E-state index contributed by atoms with van der Waals surface area (Å²) in [5.74, 6) is 1.99. The maximum Gasteiger partial charge on any atom is 0.133 e. The van der Waals surface area contributed by atoms with Gasteiger partial charge in [0.05, 0.1) is 0 Å². The molecule has 2 aromatic carbocycles. The highest BCUT2D eigenvalue weighted by Crippen LogP contribution is 2.33. The van der Waals surface area contributed by atoms with Crippen LogP contribution in [0.25, 0.3) is 5.76 Å². The van der Waals surface area contributed by atoms with Crippen molar-refractivity contribution in [3.8, 4) is 5.75 Å². The average Bonchev–Trinajstić information content (AvgIpc) is 2.39. The Kier molecular flexibility index (Phi) is 2.45. The lowest BCUT2D eigenvalue weighted by molar-refractivity contribution is 0.491. The van der Waals surface area contributed by atoms with Gasteiger partial charge in [0.1, 0.15) is 11.5 Å². The third-order valence-electron chi connectivity index (χ3n) is 3.06. The lowest BCUT2D eigenvalue weighted by atomic mass is 9.99. The number of allylic oxidation sites excluding steroid dienone is 1. The summed E-state index contributed by atoms with van der Waals surface area (Å²) in [4.78, 5) is 0. The molecule has 0 atom stereocenters. The van der Waals surface area contributed by atoms with Crippen LogP contribution in [-0.2, 0) is 6.42 Å². The van der Waals surface area contributed by atoms with Crippen LogP contribution < -0.4 is 4.74 Å². The Bertz CT molecular complexity index is 567. The maximum absolute atomic E-state index is 6.01. The molecule has 0 unspecified atom stereocenters. The van der Waals surface area contributed by atoms with Gasteiger partial charge in [-0.15, -0.1) is 0 Å². The summed E-state index contributed by atoms with van der Waals surface area (Å²) >= 11 is 0. The second-order valence-corrected chi connectivity index (χ2v) is 4.36. The Balaban J connectivity index is 2.03.